The van der Waals surface area contributed by atoms with Gasteiger partial charge in [0, 0.05) is 30.8 Å². The number of aryl methyl sites for hydroxylation is 1. The summed E-state index contributed by atoms with van der Waals surface area (Å²) in [6.07, 6.45) is 0. The van der Waals surface area contributed by atoms with Crippen LogP contribution in [0.4, 0.5) is 5.69 Å². The molecule has 2 amide bonds. The van der Waals surface area contributed by atoms with Crippen molar-refractivity contribution in [3.05, 3.63) is 64.7 Å². The number of carbonyl (C=O) groups is 3. The highest BCUT2D eigenvalue weighted by Crippen LogP contribution is 2.17. The Morgan fingerprint density at radius 1 is 1.07 bits per heavy atom. The van der Waals surface area contributed by atoms with Crippen LogP contribution in [0.25, 0.3) is 0 Å². The molecule has 2 aromatic rings. The first kappa shape index (κ1) is 20.2. The summed E-state index contributed by atoms with van der Waals surface area (Å²) in [5.74, 6) is -1.27. The third kappa shape index (κ3) is 5.17. The van der Waals surface area contributed by atoms with Gasteiger partial charge < -0.3 is 15.3 Å². The second-order valence-corrected chi connectivity index (χ2v) is 6.83. The Balaban J connectivity index is 2.04. The van der Waals surface area contributed by atoms with Crippen molar-refractivity contribution in [3.63, 3.8) is 0 Å². The van der Waals surface area contributed by atoms with E-state index in [9.17, 15) is 14.4 Å². The fraction of sp³-hybridized carbons (Fsp3) is 0.286. The molecule has 0 aliphatic heterocycles. The van der Waals surface area contributed by atoms with Crippen molar-refractivity contribution >= 4 is 23.5 Å². The maximum Gasteiger partial charge on any atom is 0.335 e. The van der Waals surface area contributed by atoms with Gasteiger partial charge in [-0.1, -0.05) is 26.0 Å². The molecule has 0 radical (unpaired) electrons. The second kappa shape index (κ2) is 8.49. The molecule has 0 fully saturated rings. The van der Waals surface area contributed by atoms with E-state index in [2.05, 4.69) is 5.32 Å². The summed E-state index contributed by atoms with van der Waals surface area (Å²) in [7, 11) is 1.76. The van der Waals surface area contributed by atoms with E-state index in [-0.39, 0.29) is 23.3 Å². The highest BCUT2D eigenvalue weighted by molar-refractivity contribution is 6.04. The maximum atomic E-state index is 12.4. The number of carbonyl (C=O) groups excluding carboxylic acids is 2. The molecule has 6 nitrogen and oxygen atoms in total. The highest BCUT2D eigenvalue weighted by atomic mass is 16.4. The lowest BCUT2D eigenvalue weighted by Crippen LogP contribution is -2.29. The Kier molecular flexibility index (Phi) is 6.34. The predicted molar refractivity (Wildman–Crippen MR) is 104 cm³/mol. The Hall–Kier alpha value is -3.15. The van der Waals surface area contributed by atoms with E-state index in [1.165, 1.54) is 6.07 Å². The average molecular weight is 368 g/mol. The zero-order chi connectivity index (χ0) is 20.1. The molecule has 0 saturated heterocycles. The van der Waals surface area contributed by atoms with Gasteiger partial charge in [0.05, 0.1) is 5.56 Å². The van der Waals surface area contributed by atoms with E-state index in [1.54, 1.807) is 43.1 Å². The van der Waals surface area contributed by atoms with Gasteiger partial charge >= 0.3 is 5.97 Å². The Labute approximate surface area is 158 Å². The summed E-state index contributed by atoms with van der Waals surface area (Å²) in [6.45, 7) is 5.88. The number of rotatable bonds is 6. The summed E-state index contributed by atoms with van der Waals surface area (Å²) in [5.41, 5.74) is 2.74. The third-order valence-electron chi connectivity index (χ3n) is 4.22. The maximum absolute atomic E-state index is 12.4. The summed E-state index contributed by atoms with van der Waals surface area (Å²) in [4.78, 5) is 37.0. The highest BCUT2D eigenvalue weighted by Gasteiger charge is 2.14. The van der Waals surface area contributed by atoms with Crippen LogP contribution in [0.15, 0.2) is 42.5 Å². The van der Waals surface area contributed by atoms with Gasteiger partial charge in [-0.15, -0.1) is 0 Å². The fourth-order valence-electron chi connectivity index (χ4n) is 2.74. The molecule has 2 aromatic carbocycles. The number of nitrogens with zero attached hydrogens (tertiary/aromatic N) is 1. The van der Waals surface area contributed by atoms with Crippen molar-refractivity contribution < 1.29 is 19.5 Å². The van der Waals surface area contributed by atoms with E-state index in [4.69, 9.17) is 5.11 Å². The van der Waals surface area contributed by atoms with Crippen molar-refractivity contribution in [1.29, 1.82) is 0 Å². The number of anilines is 1. The van der Waals surface area contributed by atoms with Crippen LogP contribution in [-0.2, 0) is 11.3 Å². The minimum atomic E-state index is -0.998. The number of carboxylic acid groups (broad SMARTS) is 1. The van der Waals surface area contributed by atoms with Crippen molar-refractivity contribution in [2.24, 2.45) is 5.92 Å². The molecule has 0 aromatic heterocycles. The van der Waals surface area contributed by atoms with E-state index in [0.29, 0.717) is 23.4 Å². The van der Waals surface area contributed by atoms with Crippen LogP contribution < -0.4 is 5.32 Å². The van der Waals surface area contributed by atoms with Crippen LogP contribution in [0.3, 0.4) is 0 Å². The van der Waals surface area contributed by atoms with Crippen LogP contribution in [0, 0.1) is 12.8 Å². The predicted octanol–water partition coefficient (Wildman–Crippen LogP) is 3.56. The number of hydrogen-bond acceptors (Lipinski definition) is 3. The zero-order valence-electron chi connectivity index (χ0n) is 15.9. The van der Waals surface area contributed by atoms with Gasteiger partial charge in [-0.3, -0.25) is 9.59 Å². The van der Waals surface area contributed by atoms with Gasteiger partial charge in [0.25, 0.3) is 5.91 Å². The van der Waals surface area contributed by atoms with Crippen LogP contribution in [0.5, 0.6) is 0 Å². The number of nitrogens with one attached hydrogen (secondary N) is 1. The van der Waals surface area contributed by atoms with Gasteiger partial charge in [0.1, 0.15) is 0 Å². The standard InChI is InChI=1S/C21H24N2O4/c1-13(2)20(25)23(4)12-15-5-7-16(8-6-15)19(24)22-17-9-10-18(21(26)27)14(3)11-17/h5-11,13H,12H2,1-4H3,(H,22,24)(H,26,27). The van der Waals surface area contributed by atoms with E-state index >= 15 is 0 Å². The second-order valence-electron chi connectivity index (χ2n) is 6.83. The van der Waals surface area contributed by atoms with Crippen molar-refractivity contribution in [3.8, 4) is 0 Å². The fourth-order valence-corrected chi connectivity index (χ4v) is 2.74. The van der Waals surface area contributed by atoms with E-state index < -0.39 is 5.97 Å². The van der Waals surface area contributed by atoms with Gasteiger partial charge in [-0.2, -0.15) is 0 Å². The first-order chi connectivity index (χ1) is 12.7. The molecule has 0 aliphatic rings. The largest absolute Gasteiger partial charge is 0.478 e. The van der Waals surface area contributed by atoms with Gasteiger partial charge in [-0.05, 0) is 48.4 Å². The number of hydrogen-bond donors (Lipinski definition) is 2. The summed E-state index contributed by atoms with van der Waals surface area (Å²) < 4.78 is 0. The van der Waals surface area contributed by atoms with Crippen molar-refractivity contribution in [1.82, 2.24) is 4.90 Å². The third-order valence-corrected chi connectivity index (χ3v) is 4.22. The Morgan fingerprint density at radius 3 is 2.22 bits per heavy atom. The molecule has 6 heteroatoms. The summed E-state index contributed by atoms with van der Waals surface area (Å²) in [5, 5.41) is 11.8. The van der Waals surface area contributed by atoms with Gasteiger partial charge in [-0.25, -0.2) is 4.79 Å². The monoisotopic (exact) mass is 368 g/mol. The quantitative estimate of drug-likeness (QED) is 0.816. The topological polar surface area (TPSA) is 86.7 Å². The lowest BCUT2D eigenvalue weighted by atomic mass is 10.1. The Morgan fingerprint density at radius 2 is 1.70 bits per heavy atom. The minimum Gasteiger partial charge on any atom is -0.478 e. The number of amides is 2. The molecule has 0 spiro atoms. The van der Waals surface area contributed by atoms with Crippen LogP contribution in [0.2, 0.25) is 0 Å². The summed E-state index contributed by atoms with van der Waals surface area (Å²) >= 11 is 0. The smallest absolute Gasteiger partial charge is 0.335 e. The van der Waals surface area contributed by atoms with Crippen LogP contribution in [0.1, 0.15) is 45.7 Å². The zero-order valence-corrected chi connectivity index (χ0v) is 15.9. The molecule has 2 N–H and O–H groups in total. The molecule has 0 aliphatic carbocycles. The minimum absolute atomic E-state index is 0.0592. The van der Waals surface area contributed by atoms with E-state index in [1.807, 2.05) is 26.0 Å². The molecule has 0 heterocycles. The molecular weight excluding hydrogens is 344 g/mol. The first-order valence-electron chi connectivity index (χ1n) is 8.68. The molecule has 0 saturated carbocycles. The lowest BCUT2D eigenvalue weighted by Gasteiger charge is -2.19. The number of carboxylic acids is 1. The van der Waals surface area contributed by atoms with Crippen molar-refractivity contribution in [2.75, 3.05) is 12.4 Å². The van der Waals surface area contributed by atoms with Crippen LogP contribution >= 0.6 is 0 Å². The molecule has 0 atom stereocenters. The first-order valence-corrected chi connectivity index (χ1v) is 8.68. The summed E-state index contributed by atoms with van der Waals surface area (Å²) in [6, 6.07) is 11.7. The van der Waals surface area contributed by atoms with Crippen LogP contribution in [-0.4, -0.2) is 34.8 Å². The number of benzene rings is 2. The lowest BCUT2D eigenvalue weighted by molar-refractivity contribution is -0.133. The van der Waals surface area contributed by atoms with Gasteiger partial charge in [0.15, 0.2) is 0 Å². The molecular formula is C21H24N2O4. The molecule has 0 unspecified atom stereocenters. The SMILES string of the molecule is Cc1cc(NC(=O)c2ccc(CN(C)C(=O)C(C)C)cc2)ccc1C(=O)O. The normalized spacial score (nSPS) is 10.6. The molecule has 2 rings (SSSR count). The average Bonchev–Trinajstić information content (AvgIpc) is 2.61. The molecule has 27 heavy (non-hydrogen) atoms. The molecule has 0 bridgehead atoms. The Bertz CT molecular complexity index is 857. The molecule has 142 valence electrons. The number of aromatic carboxylic acids is 1. The van der Waals surface area contributed by atoms with Gasteiger partial charge in [0.2, 0.25) is 5.91 Å². The van der Waals surface area contributed by atoms with Crippen molar-refractivity contribution in [2.45, 2.75) is 27.3 Å². The van der Waals surface area contributed by atoms with E-state index in [0.717, 1.165) is 5.56 Å².